The Morgan fingerprint density at radius 1 is 0.923 bits per heavy atom. The molecule has 0 bridgehead atoms. The zero-order chi connectivity index (χ0) is 19.2. The first-order valence-electron chi connectivity index (χ1n) is 7.30. The van der Waals surface area contributed by atoms with Gasteiger partial charge in [0.15, 0.2) is 23.5 Å². The Labute approximate surface area is 185 Å². The van der Waals surface area contributed by atoms with Gasteiger partial charge in [-0.2, -0.15) is 0 Å². The van der Waals surface area contributed by atoms with Crippen LogP contribution in [0.3, 0.4) is 0 Å². The third kappa shape index (κ3) is 3.73. The zero-order valence-electron chi connectivity index (χ0n) is 13.2. The summed E-state index contributed by atoms with van der Waals surface area (Å²) in [6.45, 7) is 2.34. The highest BCUT2D eigenvalue weighted by atomic mass is 35.5. The number of rotatable bonds is 3. The average molecular weight is 493 g/mol. The molecule has 1 atom stereocenters. The minimum atomic E-state index is -0.616. The summed E-state index contributed by atoms with van der Waals surface area (Å²) >= 11 is 43.7. The highest BCUT2D eigenvalue weighted by molar-refractivity contribution is 6.42. The molecule has 2 aromatic rings. The van der Waals surface area contributed by atoms with Crippen LogP contribution in [0.4, 0.5) is 11.4 Å². The van der Waals surface area contributed by atoms with Gasteiger partial charge in [0.05, 0.1) is 31.2 Å². The lowest BCUT2D eigenvalue weighted by molar-refractivity contribution is -0.501. The summed E-state index contributed by atoms with van der Waals surface area (Å²) in [5.41, 5.74) is 0.414. The van der Waals surface area contributed by atoms with Crippen molar-refractivity contribution in [2.75, 3.05) is 17.4 Å². The van der Waals surface area contributed by atoms with E-state index in [-0.39, 0.29) is 5.88 Å². The second-order valence-corrected chi connectivity index (χ2v) is 8.79. The molecule has 1 aliphatic rings. The monoisotopic (exact) mass is 490 g/mol. The summed E-state index contributed by atoms with van der Waals surface area (Å²) < 4.78 is 1.66. The van der Waals surface area contributed by atoms with E-state index in [9.17, 15) is 0 Å². The van der Waals surface area contributed by atoms with Crippen molar-refractivity contribution >= 4 is 92.6 Å². The summed E-state index contributed by atoms with van der Waals surface area (Å²) in [7, 11) is 0. The summed E-state index contributed by atoms with van der Waals surface area (Å²) in [5, 5.41) is 8.61. The van der Waals surface area contributed by atoms with Gasteiger partial charge in [-0.05, 0) is 31.2 Å². The molecule has 0 saturated carbocycles. The molecule has 0 saturated heterocycles. The fraction of sp³-hybridized carbons (Fsp3) is 0.250. The van der Waals surface area contributed by atoms with Crippen LogP contribution in [0.2, 0.25) is 30.1 Å². The lowest BCUT2D eigenvalue weighted by atomic mass is 10.0. The average Bonchev–Trinajstić information content (AvgIpc) is 2.83. The number of hydrogen-bond donors (Lipinski definition) is 0. The first-order chi connectivity index (χ1) is 12.2. The predicted octanol–water partition coefficient (Wildman–Crippen LogP) is 8.14. The van der Waals surface area contributed by atoms with E-state index in [0.717, 1.165) is 0 Å². The second-order valence-electron chi connectivity index (χ2n) is 6.03. The van der Waals surface area contributed by atoms with Gasteiger partial charge in [0.1, 0.15) is 0 Å². The van der Waals surface area contributed by atoms with E-state index in [1.807, 2.05) is 6.92 Å². The van der Waals surface area contributed by atoms with E-state index in [4.69, 9.17) is 81.2 Å². The molecule has 0 N–H and O–H groups in total. The van der Waals surface area contributed by atoms with Crippen LogP contribution < -0.4 is 5.01 Å². The van der Waals surface area contributed by atoms with Crippen LogP contribution in [-0.2, 0) is 0 Å². The SMILES string of the molecule is CC1(CCl)C[N+](c2c(Cl)cc(Cl)cc2Cl)=NN1c1c(Cl)cc(Cl)cc1Cl. The van der Waals surface area contributed by atoms with E-state index in [1.165, 1.54) is 0 Å². The van der Waals surface area contributed by atoms with Crippen LogP contribution in [-0.4, -0.2) is 22.7 Å². The summed E-state index contributed by atoms with van der Waals surface area (Å²) in [6.07, 6.45) is 0. The number of alkyl halides is 1. The number of hydrogen-bond acceptors (Lipinski definition) is 2. The van der Waals surface area contributed by atoms with E-state index in [1.54, 1.807) is 34.0 Å². The zero-order valence-corrected chi connectivity index (χ0v) is 18.5. The number of nitrogens with zero attached hydrogens (tertiary/aromatic N) is 3. The van der Waals surface area contributed by atoms with Crippen LogP contribution in [0.1, 0.15) is 6.92 Å². The maximum absolute atomic E-state index is 6.37. The van der Waals surface area contributed by atoms with Crippen molar-refractivity contribution in [1.82, 2.24) is 0 Å². The highest BCUT2D eigenvalue weighted by Gasteiger charge is 2.50. The van der Waals surface area contributed by atoms with Crippen LogP contribution in [0.15, 0.2) is 29.5 Å². The van der Waals surface area contributed by atoms with E-state index in [0.29, 0.717) is 48.1 Å². The smallest absolute Gasteiger partial charge is 0.126 e. The molecule has 1 heterocycles. The molecule has 0 fully saturated rings. The molecule has 138 valence electrons. The van der Waals surface area contributed by atoms with Gasteiger partial charge >= 0.3 is 0 Å². The molecule has 3 rings (SSSR count). The number of benzene rings is 2. The molecule has 0 aliphatic carbocycles. The first-order valence-corrected chi connectivity index (χ1v) is 10.1. The molecule has 0 amide bonds. The van der Waals surface area contributed by atoms with Crippen LogP contribution in [0.5, 0.6) is 0 Å². The van der Waals surface area contributed by atoms with Gasteiger partial charge in [0.2, 0.25) is 0 Å². The molecule has 0 aromatic heterocycles. The third-order valence-electron chi connectivity index (χ3n) is 3.92. The number of anilines is 1. The molecular formula is C16H11Cl7N3+. The van der Waals surface area contributed by atoms with Crippen LogP contribution >= 0.6 is 81.2 Å². The van der Waals surface area contributed by atoms with E-state index < -0.39 is 5.54 Å². The van der Waals surface area contributed by atoms with E-state index >= 15 is 0 Å². The minimum absolute atomic E-state index is 0.255. The third-order valence-corrected chi connectivity index (χ3v) is 6.08. The summed E-state index contributed by atoms with van der Waals surface area (Å²) in [5.74, 6) is 0.255. The largest absolute Gasteiger partial charge is 0.187 e. The van der Waals surface area contributed by atoms with Gasteiger partial charge in [0, 0.05) is 10.0 Å². The van der Waals surface area contributed by atoms with Gasteiger partial charge < -0.3 is 0 Å². The molecule has 1 unspecified atom stereocenters. The molecule has 0 spiro atoms. The Morgan fingerprint density at radius 3 is 1.85 bits per heavy atom. The Balaban J connectivity index is 2.17. The Bertz CT molecular complexity index is 869. The molecule has 0 radical (unpaired) electrons. The first kappa shape index (κ1) is 20.6. The van der Waals surface area contributed by atoms with Gasteiger partial charge in [0.25, 0.3) is 0 Å². The lowest BCUT2D eigenvalue weighted by Gasteiger charge is -2.23. The maximum atomic E-state index is 6.37. The Morgan fingerprint density at radius 2 is 1.38 bits per heavy atom. The van der Waals surface area contributed by atoms with Crippen molar-refractivity contribution in [2.24, 2.45) is 5.22 Å². The highest BCUT2D eigenvalue weighted by Crippen LogP contribution is 2.45. The van der Waals surface area contributed by atoms with Gasteiger partial charge in [-0.1, -0.05) is 69.6 Å². The Hall–Kier alpha value is -0.130. The van der Waals surface area contributed by atoms with Gasteiger partial charge in [-0.15, -0.1) is 21.3 Å². The summed E-state index contributed by atoms with van der Waals surface area (Å²) in [4.78, 5) is 0. The Kier molecular flexibility index (Phi) is 6.11. The molecule has 3 nitrogen and oxygen atoms in total. The van der Waals surface area contributed by atoms with Crippen molar-refractivity contribution in [2.45, 2.75) is 12.5 Å². The molecule has 1 aliphatic heterocycles. The van der Waals surface area contributed by atoms with Gasteiger partial charge in [-0.25, -0.2) is 0 Å². The standard InChI is InChI=1S/C16H11Cl7N3/c1-16(6-17)7-25(14-10(20)2-8(18)3-11(14)21)24-26(16)15-12(22)4-9(19)5-13(15)23/h2-5H,6-7H2,1H3/q+1. The van der Waals surface area contributed by atoms with Gasteiger partial charge in [-0.3, -0.25) is 0 Å². The molecule has 2 aromatic carbocycles. The fourth-order valence-corrected chi connectivity index (χ4v) is 4.88. The summed E-state index contributed by atoms with van der Waals surface area (Å²) in [6, 6.07) is 6.39. The fourth-order valence-electron chi connectivity index (χ4n) is 2.69. The molecular weight excluding hydrogens is 482 g/mol. The van der Waals surface area contributed by atoms with Crippen LogP contribution in [0.25, 0.3) is 0 Å². The normalized spacial score (nSPS) is 19.8. The molecule has 26 heavy (non-hydrogen) atoms. The van der Waals surface area contributed by atoms with E-state index in [2.05, 4.69) is 5.22 Å². The number of halogens is 7. The van der Waals surface area contributed by atoms with Crippen molar-refractivity contribution in [3.63, 3.8) is 0 Å². The topological polar surface area (TPSA) is 18.6 Å². The van der Waals surface area contributed by atoms with Crippen molar-refractivity contribution < 1.29 is 4.70 Å². The predicted molar refractivity (Wildman–Crippen MR) is 112 cm³/mol. The van der Waals surface area contributed by atoms with Crippen molar-refractivity contribution in [1.29, 1.82) is 0 Å². The van der Waals surface area contributed by atoms with Crippen LogP contribution in [0, 0.1) is 0 Å². The maximum Gasteiger partial charge on any atom is 0.187 e. The minimum Gasteiger partial charge on any atom is -0.126 e. The lowest BCUT2D eigenvalue weighted by Crippen LogP contribution is -2.45. The second kappa shape index (κ2) is 7.71. The van der Waals surface area contributed by atoms with Crippen molar-refractivity contribution in [3.05, 3.63) is 54.4 Å². The van der Waals surface area contributed by atoms with Crippen molar-refractivity contribution in [3.8, 4) is 0 Å². The quantitative estimate of drug-likeness (QED) is 0.312. The molecule has 10 heteroatoms.